The first-order valence-electron chi connectivity index (χ1n) is 9.22. The quantitative estimate of drug-likeness (QED) is 0.418. The van der Waals surface area contributed by atoms with Crippen LogP contribution in [0.1, 0.15) is 54.4 Å². The van der Waals surface area contributed by atoms with Gasteiger partial charge >= 0.3 is 0 Å². The van der Waals surface area contributed by atoms with Crippen LogP contribution >= 0.6 is 15.9 Å². The van der Waals surface area contributed by atoms with Crippen LogP contribution in [0.4, 0.5) is 0 Å². The maximum absolute atomic E-state index is 9.69. The van der Waals surface area contributed by atoms with E-state index in [-0.39, 0.29) is 12.0 Å². The van der Waals surface area contributed by atoms with Gasteiger partial charge in [0.25, 0.3) is 0 Å². The molecule has 0 rings (SSSR count). The molecule has 0 radical (unpaired) electrons. The van der Waals surface area contributed by atoms with Gasteiger partial charge in [-0.3, -0.25) is 0 Å². The fourth-order valence-corrected chi connectivity index (χ4v) is 2.55. The van der Waals surface area contributed by atoms with Crippen molar-refractivity contribution in [2.75, 3.05) is 26.2 Å². The molecule has 5 heteroatoms. The molecule has 0 amide bonds. The van der Waals surface area contributed by atoms with Crippen molar-refractivity contribution in [3.8, 4) is 0 Å². The van der Waals surface area contributed by atoms with Gasteiger partial charge in [-0.15, -0.1) is 0 Å². The van der Waals surface area contributed by atoms with Gasteiger partial charge in [0, 0.05) is 36.1 Å². The Morgan fingerprint density at radius 2 is 1.96 bits per heavy atom. The third kappa shape index (κ3) is 10.1. The van der Waals surface area contributed by atoms with E-state index in [0.29, 0.717) is 6.54 Å². The van der Waals surface area contributed by atoms with Gasteiger partial charge < -0.3 is 20.4 Å². The Labute approximate surface area is 162 Å². The number of aliphatic hydroxyl groups is 2. The van der Waals surface area contributed by atoms with Gasteiger partial charge in [0.2, 0.25) is 0 Å². The minimum atomic E-state index is -0.427. The van der Waals surface area contributed by atoms with E-state index in [1.54, 1.807) is 6.92 Å². The van der Waals surface area contributed by atoms with Crippen LogP contribution in [0.15, 0.2) is 34.1 Å². The minimum absolute atomic E-state index is 0.142. The van der Waals surface area contributed by atoms with E-state index in [2.05, 4.69) is 66.0 Å². The molecule has 0 aliphatic carbocycles. The predicted octanol–water partition coefficient (Wildman–Crippen LogP) is 4.16. The lowest BCUT2D eigenvalue weighted by atomic mass is 9.93. The molecule has 0 fully saturated rings. The van der Waals surface area contributed by atoms with Crippen LogP contribution in [-0.2, 0) is 0 Å². The highest BCUT2D eigenvalue weighted by molar-refractivity contribution is 9.11. The summed E-state index contributed by atoms with van der Waals surface area (Å²) in [6, 6.07) is 0. The van der Waals surface area contributed by atoms with Gasteiger partial charge in [-0.1, -0.05) is 55.3 Å². The average Bonchev–Trinajstić information content (AvgIpc) is 2.57. The summed E-state index contributed by atoms with van der Waals surface area (Å²) in [4.78, 5) is 2.29. The zero-order valence-electron chi connectivity index (χ0n) is 16.8. The van der Waals surface area contributed by atoms with Crippen LogP contribution in [0, 0.1) is 5.41 Å². The topological polar surface area (TPSA) is 55.7 Å². The molecular weight excluding hydrogens is 380 g/mol. The molecule has 0 aromatic carbocycles. The number of likely N-dealkylation sites (N-methyl/N-ethyl adjacent to an activating group) is 1. The van der Waals surface area contributed by atoms with Gasteiger partial charge in [-0.05, 0) is 33.3 Å². The Balaban J connectivity index is 5.82. The second-order valence-corrected chi connectivity index (χ2v) is 8.09. The van der Waals surface area contributed by atoms with E-state index in [9.17, 15) is 10.2 Å². The van der Waals surface area contributed by atoms with Crippen LogP contribution in [0.25, 0.3) is 0 Å². The Morgan fingerprint density at radius 1 is 1.32 bits per heavy atom. The molecule has 0 heterocycles. The van der Waals surface area contributed by atoms with Crippen molar-refractivity contribution >= 4 is 15.9 Å². The van der Waals surface area contributed by atoms with Crippen LogP contribution in [0.5, 0.6) is 0 Å². The van der Waals surface area contributed by atoms with Gasteiger partial charge in [0.05, 0.1) is 17.5 Å². The van der Waals surface area contributed by atoms with Crippen LogP contribution in [0.3, 0.4) is 0 Å². The number of nitrogens with one attached hydrogen (secondary N) is 1. The lowest BCUT2D eigenvalue weighted by molar-refractivity contribution is 0.120. The number of hydrogen-bond acceptors (Lipinski definition) is 4. The molecule has 0 bridgehead atoms. The Bertz CT molecular complexity index is 468. The van der Waals surface area contributed by atoms with Gasteiger partial charge in [0.1, 0.15) is 0 Å². The summed E-state index contributed by atoms with van der Waals surface area (Å²) in [5, 5.41) is 22.7. The molecule has 25 heavy (non-hydrogen) atoms. The molecule has 0 aromatic rings. The number of nitrogens with zero attached hydrogens (tertiary/aromatic N) is 1. The molecule has 0 aliphatic rings. The van der Waals surface area contributed by atoms with E-state index in [0.717, 1.165) is 41.8 Å². The van der Waals surface area contributed by atoms with Crippen molar-refractivity contribution in [2.24, 2.45) is 5.41 Å². The molecular formula is C20H37BrN2O2. The first kappa shape index (κ1) is 24.2. The van der Waals surface area contributed by atoms with E-state index in [4.69, 9.17) is 0 Å². The van der Waals surface area contributed by atoms with Gasteiger partial charge in [-0.2, -0.15) is 0 Å². The van der Waals surface area contributed by atoms with Gasteiger partial charge in [-0.25, -0.2) is 0 Å². The fourth-order valence-electron chi connectivity index (χ4n) is 2.32. The van der Waals surface area contributed by atoms with E-state index in [1.807, 2.05) is 13.0 Å². The largest absolute Gasteiger partial charge is 0.396 e. The molecule has 0 spiro atoms. The highest BCUT2D eigenvalue weighted by atomic mass is 79.9. The second-order valence-electron chi connectivity index (χ2n) is 7.18. The average molecular weight is 417 g/mol. The SMILES string of the molecule is C\C=C(Br)/C=C(NC[C@@H](C)O)\C(=C\CCC)N(CC)CC(C)(C)CO. The van der Waals surface area contributed by atoms with E-state index < -0.39 is 6.10 Å². The zero-order chi connectivity index (χ0) is 19.5. The summed E-state index contributed by atoms with van der Waals surface area (Å²) in [5.41, 5.74) is 1.91. The van der Waals surface area contributed by atoms with Crippen molar-refractivity contribution in [3.63, 3.8) is 0 Å². The van der Waals surface area contributed by atoms with Crippen molar-refractivity contribution < 1.29 is 10.2 Å². The van der Waals surface area contributed by atoms with Gasteiger partial charge in [0.15, 0.2) is 0 Å². The molecule has 0 saturated heterocycles. The zero-order valence-corrected chi connectivity index (χ0v) is 18.4. The molecule has 4 nitrogen and oxygen atoms in total. The number of halogens is 1. The monoisotopic (exact) mass is 416 g/mol. The molecule has 0 aromatic heterocycles. The lowest BCUT2D eigenvalue weighted by Crippen LogP contribution is -2.38. The third-order valence-corrected chi connectivity index (χ3v) is 4.50. The van der Waals surface area contributed by atoms with Crippen LogP contribution in [-0.4, -0.2) is 47.5 Å². The Kier molecular flexibility index (Phi) is 12.2. The number of rotatable bonds is 12. The molecule has 0 saturated carbocycles. The van der Waals surface area contributed by atoms with E-state index in [1.165, 1.54) is 0 Å². The number of unbranched alkanes of at least 4 members (excludes halogenated alkanes) is 1. The van der Waals surface area contributed by atoms with Crippen molar-refractivity contribution in [3.05, 3.63) is 34.1 Å². The predicted molar refractivity (Wildman–Crippen MR) is 112 cm³/mol. The summed E-state index contributed by atoms with van der Waals surface area (Å²) < 4.78 is 0.987. The maximum atomic E-state index is 9.69. The maximum Gasteiger partial charge on any atom is 0.0684 e. The van der Waals surface area contributed by atoms with Crippen LogP contribution in [0.2, 0.25) is 0 Å². The number of allylic oxidation sites excluding steroid dienone is 4. The fraction of sp³-hybridized carbons (Fsp3) is 0.700. The second kappa shape index (κ2) is 12.6. The normalized spacial score (nSPS) is 15.3. The molecule has 0 aliphatic heterocycles. The Hall–Kier alpha value is -0.780. The standard InChI is InChI=1S/C20H37BrN2O2/c1-7-10-11-19(23(9-3)14-20(5,6)15-24)18(12-17(21)8-2)22-13-16(4)25/h8,11-12,16,22,24-25H,7,9-10,13-15H2,1-6H3/b17-8+,18-12+,19-11-/t16-/m1/s1. The Morgan fingerprint density at radius 3 is 2.40 bits per heavy atom. The molecule has 3 N–H and O–H groups in total. The summed E-state index contributed by atoms with van der Waals surface area (Å²) >= 11 is 3.56. The van der Waals surface area contributed by atoms with Crippen LogP contribution < -0.4 is 5.32 Å². The minimum Gasteiger partial charge on any atom is -0.396 e. The first-order chi connectivity index (χ1) is 11.7. The summed E-state index contributed by atoms with van der Waals surface area (Å²) in [6.45, 7) is 14.4. The smallest absolute Gasteiger partial charge is 0.0684 e. The number of hydrogen-bond donors (Lipinski definition) is 3. The van der Waals surface area contributed by atoms with Crippen molar-refractivity contribution in [1.29, 1.82) is 0 Å². The number of aliphatic hydroxyl groups excluding tert-OH is 2. The summed E-state index contributed by atoms with van der Waals surface area (Å²) in [5.74, 6) is 0. The molecule has 0 unspecified atom stereocenters. The van der Waals surface area contributed by atoms with E-state index >= 15 is 0 Å². The third-order valence-electron chi connectivity index (χ3n) is 3.82. The highest BCUT2D eigenvalue weighted by Gasteiger charge is 2.23. The van der Waals surface area contributed by atoms with Crippen molar-refractivity contribution in [1.82, 2.24) is 10.2 Å². The molecule has 1 atom stereocenters. The summed E-state index contributed by atoms with van der Waals surface area (Å²) in [7, 11) is 0. The van der Waals surface area contributed by atoms with Crippen molar-refractivity contribution in [2.45, 2.75) is 60.5 Å². The molecule has 146 valence electrons. The summed E-state index contributed by atoms with van der Waals surface area (Å²) in [6.07, 6.45) is 7.91. The highest BCUT2D eigenvalue weighted by Crippen LogP contribution is 2.24. The first-order valence-corrected chi connectivity index (χ1v) is 10.0. The lowest BCUT2D eigenvalue weighted by Gasteiger charge is -2.35.